The summed E-state index contributed by atoms with van der Waals surface area (Å²) in [6.07, 6.45) is 0.518. The summed E-state index contributed by atoms with van der Waals surface area (Å²) in [4.78, 5) is 2.42. The first-order chi connectivity index (χ1) is 8.63. The van der Waals surface area contributed by atoms with E-state index >= 15 is 0 Å². The average molecular weight is 249 g/mol. The molecule has 0 radical (unpaired) electrons. The largest absolute Gasteiger partial charge is 0.508 e. The molecule has 0 amide bonds. The molecule has 1 aromatic carbocycles. The maximum absolute atomic E-state index is 9.46. The topological polar surface area (TPSA) is 41.9 Å². The molecule has 1 saturated heterocycles. The van der Waals surface area contributed by atoms with Gasteiger partial charge >= 0.3 is 0 Å². The number of fused-ring (bicyclic) bond motifs is 1. The van der Waals surface area contributed by atoms with Crippen molar-refractivity contribution in [3.05, 3.63) is 23.8 Å². The van der Waals surface area contributed by atoms with E-state index in [9.17, 15) is 5.11 Å². The van der Waals surface area contributed by atoms with Gasteiger partial charge in [-0.1, -0.05) is 0 Å². The molecule has 4 heteroatoms. The lowest BCUT2D eigenvalue weighted by atomic mass is 10.0. The van der Waals surface area contributed by atoms with Gasteiger partial charge in [-0.2, -0.15) is 0 Å². The summed E-state index contributed by atoms with van der Waals surface area (Å²) < 4.78 is 11.4. The lowest BCUT2D eigenvalue weighted by Crippen LogP contribution is -2.47. The highest BCUT2D eigenvalue weighted by Crippen LogP contribution is 2.39. The zero-order valence-electron chi connectivity index (χ0n) is 10.8. The van der Waals surface area contributed by atoms with E-state index in [0.717, 1.165) is 18.8 Å². The fraction of sp³-hybridized carbons (Fsp3) is 0.571. The van der Waals surface area contributed by atoms with Crippen molar-refractivity contribution in [3.8, 4) is 11.5 Å². The number of morpholine rings is 1. The van der Waals surface area contributed by atoms with Gasteiger partial charge in [-0.05, 0) is 26.0 Å². The number of phenols is 1. The molecule has 3 unspecified atom stereocenters. The van der Waals surface area contributed by atoms with Crippen molar-refractivity contribution in [3.63, 3.8) is 0 Å². The van der Waals surface area contributed by atoms with Gasteiger partial charge < -0.3 is 14.6 Å². The van der Waals surface area contributed by atoms with E-state index in [-0.39, 0.29) is 24.0 Å². The maximum atomic E-state index is 9.46. The summed E-state index contributed by atoms with van der Waals surface area (Å²) in [5, 5.41) is 9.46. The van der Waals surface area contributed by atoms with Crippen LogP contribution in [-0.2, 0) is 4.74 Å². The minimum Gasteiger partial charge on any atom is -0.508 e. The summed E-state index contributed by atoms with van der Waals surface area (Å²) in [5.74, 6) is 1.07. The van der Waals surface area contributed by atoms with Gasteiger partial charge in [0.2, 0.25) is 0 Å². The molecule has 1 fully saturated rings. The Labute approximate surface area is 107 Å². The number of aromatic hydroxyl groups is 1. The van der Waals surface area contributed by atoms with Gasteiger partial charge in [-0.15, -0.1) is 0 Å². The van der Waals surface area contributed by atoms with Crippen molar-refractivity contribution in [2.75, 3.05) is 19.7 Å². The highest BCUT2D eigenvalue weighted by atomic mass is 16.5. The van der Waals surface area contributed by atoms with Crippen LogP contribution < -0.4 is 4.74 Å². The summed E-state index contributed by atoms with van der Waals surface area (Å²) in [6.45, 7) is 6.74. The van der Waals surface area contributed by atoms with E-state index in [1.54, 1.807) is 12.1 Å². The van der Waals surface area contributed by atoms with E-state index in [4.69, 9.17) is 9.47 Å². The predicted octanol–water partition coefficient (Wildman–Crippen LogP) is 1.93. The quantitative estimate of drug-likeness (QED) is 0.826. The first-order valence-electron chi connectivity index (χ1n) is 6.48. The van der Waals surface area contributed by atoms with Crippen molar-refractivity contribution in [1.82, 2.24) is 4.90 Å². The van der Waals surface area contributed by atoms with Gasteiger partial charge in [-0.25, -0.2) is 0 Å². The molecule has 1 N–H and O–H groups in total. The fourth-order valence-corrected chi connectivity index (χ4v) is 2.96. The number of benzene rings is 1. The summed E-state index contributed by atoms with van der Waals surface area (Å²) in [6, 6.07) is 5.68. The van der Waals surface area contributed by atoms with Crippen molar-refractivity contribution in [2.24, 2.45) is 0 Å². The Kier molecular flexibility index (Phi) is 2.92. The van der Waals surface area contributed by atoms with Crippen LogP contribution in [0.3, 0.4) is 0 Å². The zero-order chi connectivity index (χ0) is 12.7. The third-order valence-corrected chi connectivity index (χ3v) is 3.64. The Morgan fingerprint density at radius 3 is 2.67 bits per heavy atom. The third kappa shape index (κ3) is 2.06. The molecule has 0 aromatic heterocycles. The van der Waals surface area contributed by atoms with Crippen molar-refractivity contribution < 1.29 is 14.6 Å². The molecule has 2 aliphatic rings. The van der Waals surface area contributed by atoms with Gasteiger partial charge in [0.05, 0.1) is 18.2 Å². The Morgan fingerprint density at radius 2 is 1.94 bits per heavy atom. The van der Waals surface area contributed by atoms with Crippen LogP contribution in [-0.4, -0.2) is 41.9 Å². The van der Waals surface area contributed by atoms with Crippen LogP contribution in [0.15, 0.2) is 18.2 Å². The Bertz CT molecular complexity index is 439. The number of hydrogen-bond donors (Lipinski definition) is 1. The molecule has 2 aliphatic heterocycles. The third-order valence-electron chi connectivity index (χ3n) is 3.64. The summed E-state index contributed by atoms with van der Waals surface area (Å²) >= 11 is 0. The monoisotopic (exact) mass is 249 g/mol. The minimum atomic E-state index is 0.259. The first kappa shape index (κ1) is 11.8. The molecular weight excluding hydrogens is 230 g/mol. The van der Waals surface area contributed by atoms with Crippen molar-refractivity contribution in [2.45, 2.75) is 32.1 Å². The fourth-order valence-electron chi connectivity index (χ4n) is 2.96. The van der Waals surface area contributed by atoms with Crippen LogP contribution in [0.25, 0.3) is 0 Å². The molecule has 4 nitrogen and oxygen atoms in total. The average Bonchev–Trinajstić information content (AvgIpc) is 2.70. The predicted molar refractivity (Wildman–Crippen MR) is 67.9 cm³/mol. The highest BCUT2D eigenvalue weighted by molar-refractivity contribution is 5.44. The van der Waals surface area contributed by atoms with Crippen LogP contribution in [0, 0.1) is 0 Å². The summed E-state index contributed by atoms with van der Waals surface area (Å²) in [5.41, 5.74) is 1.18. The second-order valence-electron chi connectivity index (χ2n) is 5.26. The van der Waals surface area contributed by atoms with E-state index in [1.165, 1.54) is 5.56 Å². The Balaban J connectivity index is 1.83. The Morgan fingerprint density at radius 1 is 1.22 bits per heavy atom. The lowest BCUT2D eigenvalue weighted by molar-refractivity contribution is -0.0822. The molecule has 1 aromatic rings. The number of hydrogen-bond acceptors (Lipinski definition) is 4. The lowest BCUT2D eigenvalue weighted by Gasteiger charge is -2.38. The van der Waals surface area contributed by atoms with Gasteiger partial charge in [0.25, 0.3) is 0 Å². The van der Waals surface area contributed by atoms with Crippen molar-refractivity contribution in [1.29, 1.82) is 0 Å². The molecule has 18 heavy (non-hydrogen) atoms. The van der Waals surface area contributed by atoms with Gasteiger partial charge in [0.15, 0.2) is 0 Å². The smallest absolute Gasteiger partial charge is 0.127 e. The van der Waals surface area contributed by atoms with Gasteiger partial charge in [0.1, 0.15) is 18.1 Å². The van der Waals surface area contributed by atoms with Crippen LogP contribution in [0.2, 0.25) is 0 Å². The minimum absolute atomic E-state index is 0.259. The van der Waals surface area contributed by atoms with Crippen LogP contribution in [0.1, 0.15) is 25.5 Å². The van der Waals surface area contributed by atoms with Crippen LogP contribution in [0.4, 0.5) is 0 Å². The second kappa shape index (κ2) is 4.44. The SMILES string of the molecule is CC1CN(C2COc3cc(O)ccc32)CC(C)O1. The van der Waals surface area contributed by atoms with E-state index < -0.39 is 0 Å². The number of nitrogens with zero attached hydrogens (tertiary/aromatic N) is 1. The molecule has 2 heterocycles. The van der Waals surface area contributed by atoms with Crippen molar-refractivity contribution >= 4 is 0 Å². The number of phenolic OH excluding ortho intramolecular Hbond substituents is 1. The molecule has 98 valence electrons. The van der Waals surface area contributed by atoms with E-state index in [0.29, 0.717) is 6.61 Å². The molecular formula is C14H19NO3. The highest BCUT2D eigenvalue weighted by Gasteiger charge is 2.34. The first-order valence-corrected chi connectivity index (χ1v) is 6.48. The standard InChI is InChI=1S/C14H19NO3/c1-9-6-15(7-10(2)18-9)13-8-17-14-5-11(16)3-4-12(13)14/h3-5,9-10,13,16H,6-8H2,1-2H3. The maximum Gasteiger partial charge on any atom is 0.127 e. The normalized spacial score (nSPS) is 32.0. The molecule has 0 aliphatic carbocycles. The molecule has 0 saturated carbocycles. The molecule has 0 spiro atoms. The number of rotatable bonds is 1. The summed E-state index contributed by atoms with van der Waals surface area (Å²) in [7, 11) is 0. The Hall–Kier alpha value is -1.26. The van der Waals surface area contributed by atoms with Gasteiger partial charge in [-0.3, -0.25) is 4.90 Å². The molecule has 3 rings (SSSR count). The number of ether oxygens (including phenoxy) is 2. The second-order valence-corrected chi connectivity index (χ2v) is 5.26. The van der Waals surface area contributed by atoms with Crippen LogP contribution >= 0.6 is 0 Å². The van der Waals surface area contributed by atoms with E-state index in [2.05, 4.69) is 18.7 Å². The molecule has 3 atom stereocenters. The molecule has 0 bridgehead atoms. The van der Waals surface area contributed by atoms with Gasteiger partial charge in [0, 0.05) is 24.7 Å². The van der Waals surface area contributed by atoms with Crippen LogP contribution in [0.5, 0.6) is 11.5 Å². The van der Waals surface area contributed by atoms with E-state index in [1.807, 2.05) is 6.07 Å². The zero-order valence-corrected chi connectivity index (χ0v) is 10.8.